The predicted octanol–water partition coefficient (Wildman–Crippen LogP) is 3.50. The maximum absolute atomic E-state index is 10.5. The number of hydrogen-bond donors (Lipinski definition) is 1. The number of hydrogen-bond acceptors (Lipinski definition) is 3. The van der Waals surface area contributed by atoms with Crippen molar-refractivity contribution in [3.05, 3.63) is 57.8 Å². The third kappa shape index (κ3) is 3.27. The van der Waals surface area contributed by atoms with E-state index in [1.807, 2.05) is 12.1 Å². The molecule has 1 atom stereocenters. The highest BCUT2D eigenvalue weighted by atomic mass is 79.9. The molecule has 3 nitrogen and oxygen atoms in total. The summed E-state index contributed by atoms with van der Waals surface area (Å²) in [5.41, 5.74) is 4.66. The maximum atomic E-state index is 10.5. The molecule has 0 saturated heterocycles. The van der Waals surface area contributed by atoms with Gasteiger partial charge in [-0.05, 0) is 57.6 Å². The number of anilines is 1. The number of rotatable bonds is 3. The number of aromatic nitrogens is 1. The fourth-order valence-corrected chi connectivity index (χ4v) is 3.33. The largest absolute Gasteiger partial charge is 0.388 e. The van der Waals surface area contributed by atoms with Gasteiger partial charge in [-0.15, -0.1) is 0 Å². The molecule has 0 radical (unpaired) electrons. The minimum absolute atomic E-state index is 0.487. The third-order valence-electron chi connectivity index (χ3n) is 4.03. The molecule has 1 aromatic heterocycles. The van der Waals surface area contributed by atoms with Crippen LogP contribution in [0.3, 0.4) is 0 Å². The van der Waals surface area contributed by atoms with Crippen molar-refractivity contribution in [2.24, 2.45) is 0 Å². The van der Waals surface area contributed by atoms with E-state index >= 15 is 0 Å². The summed E-state index contributed by atoms with van der Waals surface area (Å²) in [6.45, 7) is 1.11. The lowest BCUT2D eigenvalue weighted by molar-refractivity contribution is 0.178. The molecule has 0 saturated carbocycles. The van der Waals surface area contributed by atoms with Gasteiger partial charge in [0, 0.05) is 42.6 Å². The van der Waals surface area contributed by atoms with Gasteiger partial charge in [-0.1, -0.05) is 12.1 Å². The Kier molecular flexibility index (Phi) is 4.27. The minimum Gasteiger partial charge on any atom is -0.388 e. The van der Waals surface area contributed by atoms with Crippen LogP contribution in [0.15, 0.2) is 41.1 Å². The number of fused-ring (bicyclic) bond motifs is 1. The first-order valence-corrected chi connectivity index (χ1v) is 8.04. The molecule has 2 aromatic rings. The van der Waals surface area contributed by atoms with E-state index in [1.165, 1.54) is 17.7 Å². The number of aryl methyl sites for hydroxylation is 1. The monoisotopic (exact) mass is 346 g/mol. The Morgan fingerprint density at radius 3 is 3.00 bits per heavy atom. The van der Waals surface area contributed by atoms with Gasteiger partial charge in [0.2, 0.25) is 0 Å². The van der Waals surface area contributed by atoms with E-state index in [0.29, 0.717) is 6.42 Å². The van der Waals surface area contributed by atoms with Crippen LogP contribution in [0.1, 0.15) is 29.2 Å². The topological polar surface area (TPSA) is 36.4 Å². The average molecular weight is 347 g/mol. The van der Waals surface area contributed by atoms with E-state index in [1.54, 1.807) is 12.4 Å². The van der Waals surface area contributed by atoms with Crippen LogP contribution in [-0.2, 0) is 12.8 Å². The number of halogens is 1. The van der Waals surface area contributed by atoms with Crippen LogP contribution < -0.4 is 4.90 Å². The molecule has 0 fully saturated rings. The first-order valence-electron chi connectivity index (χ1n) is 7.25. The van der Waals surface area contributed by atoms with Crippen LogP contribution in [-0.4, -0.2) is 23.7 Å². The molecule has 110 valence electrons. The van der Waals surface area contributed by atoms with Gasteiger partial charge < -0.3 is 10.0 Å². The number of aliphatic hydroxyl groups excluding tert-OH is 1. The van der Waals surface area contributed by atoms with Crippen LogP contribution >= 0.6 is 15.9 Å². The number of benzene rings is 1. The van der Waals surface area contributed by atoms with Crippen LogP contribution in [0, 0.1) is 0 Å². The van der Waals surface area contributed by atoms with Crippen LogP contribution in [0.25, 0.3) is 0 Å². The van der Waals surface area contributed by atoms with Crippen molar-refractivity contribution >= 4 is 21.6 Å². The Morgan fingerprint density at radius 1 is 1.33 bits per heavy atom. The van der Waals surface area contributed by atoms with Crippen LogP contribution in [0.2, 0.25) is 0 Å². The molecule has 1 unspecified atom stereocenters. The van der Waals surface area contributed by atoms with Gasteiger partial charge in [-0.2, -0.15) is 0 Å². The minimum atomic E-state index is -0.487. The summed E-state index contributed by atoms with van der Waals surface area (Å²) in [5, 5.41) is 10.5. The summed E-state index contributed by atoms with van der Waals surface area (Å²) in [4.78, 5) is 6.43. The van der Waals surface area contributed by atoms with Crippen molar-refractivity contribution < 1.29 is 5.11 Å². The second-order valence-electron chi connectivity index (χ2n) is 5.64. The van der Waals surface area contributed by atoms with Crippen LogP contribution in [0.4, 0.5) is 5.69 Å². The van der Waals surface area contributed by atoms with E-state index in [2.05, 4.69) is 45.0 Å². The molecule has 0 spiro atoms. The lowest BCUT2D eigenvalue weighted by Gasteiger charge is -2.28. The zero-order valence-corrected chi connectivity index (χ0v) is 13.7. The first kappa shape index (κ1) is 14.5. The Bertz CT molecular complexity index is 644. The van der Waals surface area contributed by atoms with E-state index in [-0.39, 0.29) is 0 Å². The van der Waals surface area contributed by atoms with Gasteiger partial charge in [0.05, 0.1) is 6.10 Å². The Morgan fingerprint density at radius 2 is 2.19 bits per heavy atom. The molecular weight excluding hydrogens is 328 g/mol. The fourth-order valence-electron chi connectivity index (χ4n) is 2.92. The van der Waals surface area contributed by atoms with Crippen molar-refractivity contribution in [1.82, 2.24) is 4.98 Å². The highest BCUT2D eigenvalue weighted by molar-refractivity contribution is 9.10. The molecule has 0 amide bonds. The third-order valence-corrected chi connectivity index (χ3v) is 4.46. The van der Waals surface area contributed by atoms with Gasteiger partial charge in [0.1, 0.15) is 0 Å². The second-order valence-corrected chi connectivity index (χ2v) is 6.56. The Hall–Kier alpha value is -1.39. The lowest BCUT2D eigenvalue weighted by Crippen LogP contribution is -2.24. The van der Waals surface area contributed by atoms with Gasteiger partial charge in [-0.3, -0.25) is 4.98 Å². The van der Waals surface area contributed by atoms with Crippen molar-refractivity contribution in [3.63, 3.8) is 0 Å². The molecule has 1 aliphatic heterocycles. The molecule has 1 aromatic carbocycles. The van der Waals surface area contributed by atoms with E-state index < -0.39 is 6.10 Å². The number of pyridine rings is 1. The van der Waals surface area contributed by atoms with E-state index in [4.69, 9.17) is 0 Å². The molecule has 21 heavy (non-hydrogen) atoms. The van der Waals surface area contributed by atoms with Gasteiger partial charge >= 0.3 is 0 Å². The summed E-state index contributed by atoms with van der Waals surface area (Å²) in [5.74, 6) is 0. The van der Waals surface area contributed by atoms with Crippen LogP contribution in [0.5, 0.6) is 0 Å². The quantitative estimate of drug-likeness (QED) is 0.923. The zero-order valence-electron chi connectivity index (χ0n) is 12.1. The highest BCUT2D eigenvalue weighted by Crippen LogP contribution is 2.29. The molecule has 4 heteroatoms. The van der Waals surface area contributed by atoms with Gasteiger partial charge in [0.25, 0.3) is 0 Å². The molecule has 3 rings (SSSR count). The number of aliphatic hydroxyl groups is 1. The zero-order chi connectivity index (χ0) is 14.8. The van der Waals surface area contributed by atoms with E-state index in [9.17, 15) is 5.11 Å². The molecule has 0 aliphatic carbocycles. The van der Waals surface area contributed by atoms with Crippen molar-refractivity contribution in [2.75, 3.05) is 18.5 Å². The lowest BCUT2D eigenvalue weighted by atomic mass is 9.95. The molecule has 2 heterocycles. The molecule has 1 N–H and O–H groups in total. The molecule has 0 bridgehead atoms. The Labute approximate surface area is 133 Å². The summed E-state index contributed by atoms with van der Waals surface area (Å²) in [7, 11) is 2.13. The summed E-state index contributed by atoms with van der Waals surface area (Å²) < 4.78 is 0.944. The molecular formula is C17H19BrN2O. The Balaban J connectivity index is 1.80. The fraction of sp³-hybridized carbons (Fsp3) is 0.353. The SMILES string of the molecule is CN1CCCc2cc(C(O)Cc3cncc(Br)c3)ccc21. The maximum Gasteiger partial charge on any atom is 0.0831 e. The second kappa shape index (κ2) is 6.16. The highest BCUT2D eigenvalue weighted by Gasteiger charge is 2.16. The molecule has 1 aliphatic rings. The summed E-state index contributed by atoms with van der Waals surface area (Å²) >= 11 is 3.41. The summed E-state index contributed by atoms with van der Waals surface area (Å²) in [6, 6.07) is 8.33. The normalized spacial score (nSPS) is 15.7. The average Bonchev–Trinajstić information content (AvgIpc) is 2.47. The van der Waals surface area contributed by atoms with Crippen molar-refractivity contribution in [3.8, 4) is 0 Å². The van der Waals surface area contributed by atoms with E-state index in [0.717, 1.165) is 28.6 Å². The summed E-state index contributed by atoms with van der Waals surface area (Å²) in [6.07, 6.45) is 5.93. The standard InChI is InChI=1S/C17H19BrN2O/c1-20-6-2-3-13-9-14(4-5-16(13)20)17(21)8-12-7-15(18)11-19-10-12/h4-5,7,9-11,17,21H,2-3,6,8H2,1H3. The van der Waals surface area contributed by atoms with Crippen molar-refractivity contribution in [1.29, 1.82) is 0 Å². The van der Waals surface area contributed by atoms with Gasteiger partial charge in [0.15, 0.2) is 0 Å². The smallest absolute Gasteiger partial charge is 0.0831 e. The first-order chi connectivity index (χ1) is 10.1. The number of nitrogens with zero attached hydrogens (tertiary/aromatic N) is 2. The van der Waals surface area contributed by atoms with Gasteiger partial charge in [-0.25, -0.2) is 0 Å². The van der Waals surface area contributed by atoms with Crippen molar-refractivity contribution in [2.45, 2.75) is 25.4 Å². The predicted molar refractivity (Wildman–Crippen MR) is 88.6 cm³/mol.